The van der Waals surface area contributed by atoms with Gasteiger partial charge in [0.25, 0.3) is 0 Å². The summed E-state index contributed by atoms with van der Waals surface area (Å²) in [5, 5.41) is 0. The zero-order valence-electron chi connectivity index (χ0n) is 9.82. The molecule has 1 aromatic carbocycles. The van der Waals surface area contributed by atoms with Crippen LogP contribution in [0.2, 0.25) is 0 Å². The molecule has 0 amide bonds. The van der Waals surface area contributed by atoms with Gasteiger partial charge in [0.15, 0.2) is 0 Å². The molecular formula is C14H14I2N. The smallest absolute Gasteiger partial charge is 0.0495 e. The SMILES string of the molecule is CN(C)[C@@H]([C]1[CH][CH][CH][C]1I)c1ccccc1I. The number of nitrogens with zero attached hydrogens (tertiary/aromatic N) is 1. The third-order valence-electron chi connectivity index (χ3n) is 2.80. The maximum absolute atomic E-state index is 2.42. The zero-order chi connectivity index (χ0) is 12.4. The fourth-order valence-electron chi connectivity index (χ4n) is 2.05. The Balaban J connectivity index is 2.32. The van der Waals surface area contributed by atoms with Crippen molar-refractivity contribution in [3.05, 3.63) is 62.5 Å². The Morgan fingerprint density at radius 2 is 1.76 bits per heavy atom. The predicted octanol–water partition coefficient (Wildman–Crippen LogP) is 4.06. The monoisotopic (exact) mass is 450 g/mol. The van der Waals surface area contributed by atoms with Crippen LogP contribution in [0.4, 0.5) is 0 Å². The molecule has 3 heteroatoms. The van der Waals surface area contributed by atoms with Crippen LogP contribution >= 0.6 is 45.2 Å². The minimum Gasteiger partial charge on any atom is -0.302 e. The Bertz CT molecular complexity index is 378. The molecule has 1 fully saturated rings. The highest BCUT2D eigenvalue weighted by Crippen LogP contribution is 2.47. The minimum absolute atomic E-state index is 0.338. The van der Waals surface area contributed by atoms with Crippen molar-refractivity contribution in [2.24, 2.45) is 0 Å². The molecule has 1 saturated carbocycles. The van der Waals surface area contributed by atoms with Crippen LogP contribution < -0.4 is 0 Å². The van der Waals surface area contributed by atoms with Gasteiger partial charge < -0.3 is 4.90 Å². The van der Waals surface area contributed by atoms with Gasteiger partial charge in [0.2, 0.25) is 0 Å². The van der Waals surface area contributed by atoms with Crippen LogP contribution in [0.5, 0.6) is 0 Å². The quantitative estimate of drug-likeness (QED) is 0.629. The molecule has 0 heterocycles. The van der Waals surface area contributed by atoms with Gasteiger partial charge in [-0.3, -0.25) is 0 Å². The molecule has 1 aromatic rings. The lowest BCUT2D eigenvalue weighted by Crippen LogP contribution is -2.27. The molecule has 0 spiro atoms. The van der Waals surface area contributed by atoms with E-state index in [9.17, 15) is 0 Å². The summed E-state index contributed by atoms with van der Waals surface area (Å²) in [6.07, 6.45) is 6.52. The average Bonchev–Trinajstić information content (AvgIpc) is 2.68. The highest BCUT2D eigenvalue weighted by molar-refractivity contribution is 14.1. The van der Waals surface area contributed by atoms with Gasteiger partial charge in [-0.15, -0.1) is 0 Å². The molecule has 0 N–H and O–H groups in total. The van der Waals surface area contributed by atoms with Gasteiger partial charge in [-0.2, -0.15) is 0 Å². The summed E-state index contributed by atoms with van der Waals surface area (Å²) >= 11 is 4.83. The van der Waals surface area contributed by atoms with Crippen LogP contribution in [-0.4, -0.2) is 19.0 Å². The van der Waals surface area contributed by atoms with Gasteiger partial charge in [-0.25, -0.2) is 0 Å². The standard InChI is InChI=1S/C14H14I2N/c1-17(2)14(11-7-5-9-13(11)16)10-6-3-4-8-12(10)15/h3-9,14H,1-2H3/t14-/m1/s1. The summed E-state index contributed by atoms with van der Waals surface area (Å²) < 4.78 is 2.65. The third kappa shape index (κ3) is 3.15. The van der Waals surface area contributed by atoms with E-state index in [0.29, 0.717) is 6.04 Å². The van der Waals surface area contributed by atoms with E-state index in [0.717, 1.165) is 0 Å². The number of hydrogen-bond acceptors (Lipinski definition) is 1. The van der Waals surface area contributed by atoms with E-state index >= 15 is 0 Å². The molecule has 89 valence electrons. The van der Waals surface area contributed by atoms with Crippen LogP contribution in [0.1, 0.15) is 11.6 Å². The van der Waals surface area contributed by atoms with Gasteiger partial charge in [-0.1, -0.05) is 40.8 Å². The molecule has 0 aliphatic heterocycles. The van der Waals surface area contributed by atoms with Gasteiger partial charge in [0, 0.05) is 19.5 Å². The summed E-state index contributed by atoms with van der Waals surface area (Å²) in [6.45, 7) is 0. The first-order valence-corrected chi connectivity index (χ1v) is 7.59. The first-order valence-electron chi connectivity index (χ1n) is 5.43. The Labute approximate surface area is 132 Å². The second-order valence-electron chi connectivity index (χ2n) is 4.22. The normalized spacial score (nSPS) is 20.1. The maximum atomic E-state index is 2.42. The van der Waals surface area contributed by atoms with Crippen molar-refractivity contribution < 1.29 is 0 Å². The Morgan fingerprint density at radius 3 is 2.29 bits per heavy atom. The number of rotatable bonds is 3. The average molecular weight is 450 g/mol. The molecule has 5 radical (unpaired) electrons. The van der Waals surface area contributed by atoms with E-state index in [2.05, 4.69) is 108 Å². The van der Waals surface area contributed by atoms with Crippen LogP contribution in [0.3, 0.4) is 0 Å². The van der Waals surface area contributed by atoms with Crippen molar-refractivity contribution in [2.75, 3.05) is 14.1 Å². The maximum Gasteiger partial charge on any atom is 0.0495 e. The summed E-state index contributed by atoms with van der Waals surface area (Å²) in [5.74, 6) is 1.39. The fourth-order valence-corrected chi connectivity index (χ4v) is 3.42. The van der Waals surface area contributed by atoms with Crippen LogP contribution in [0.15, 0.2) is 24.3 Å². The van der Waals surface area contributed by atoms with Crippen LogP contribution in [-0.2, 0) is 0 Å². The van der Waals surface area contributed by atoms with Gasteiger partial charge in [0.1, 0.15) is 0 Å². The van der Waals surface area contributed by atoms with Crippen molar-refractivity contribution >= 4 is 45.2 Å². The summed E-state index contributed by atoms with van der Waals surface area (Å²) in [5.41, 5.74) is 1.38. The molecular weight excluding hydrogens is 436 g/mol. The molecule has 1 aliphatic rings. The van der Waals surface area contributed by atoms with Gasteiger partial charge in [0.05, 0.1) is 0 Å². The van der Waals surface area contributed by atoms with Gasteiger partial charge in [-0.05, 0) is 67.6 Å². The van der Waals surface area contributed by atoms with E-state index in [4.69, 9.17) is 0 Å². The molecule has 1 atom stereocenters. The molecule has 2 rings (SSSR count). The van der Waals surface area contributed by atoms with Crippen molar-refractivity contribution in [2.45, 2.75) is 6.04 Å². The van der Waals surface area contributed by atoms with Crippen molar-refractivity contribution in [1.82, 2.24) is 4.90 Å². The van der Waals surface area contributed by atoms with E-state index in [1.807, 2.05) is 0 Å². The second-order valence-corrected chi connectivity index (χ2v) is 6.54. The second kappa shape index (κ2) is 6.19. The lowest BCUT2D eigenvalue weighted by molar-refractivity contribution is 0.319. The summed E-state index contributed by atoms with van der Waals surface area (Å²) in [6, 6.07) is 8.93. The van der Waals surface area contributed by atoms with Gasteiger partial charge >= 0.3 is 0 Å². The summed E-state index contributed by atoms with van der Waals surface area (Å²) in [7, 11) is 4.27. The largest absolute Gasteiger partial charge is 0.302 e. The molecule has 17 heavy (non-hydrogen) atoms. The Hall–Kier alpha value is 0.640. The highest BCUT2D eigenvalue weighted by Gasteiger charge is 2.36. The van der Waals surface area contributed by atoms with Crippen molar-refractivity contribution in [3.8, 4) is 0 Å². The molecule has 0 aromatic heterocycles. The van der Waals surface area contributed by atoms with Crippen molar-refractivity contribution in [1.29, 1.82) is 0 Å². The molecule has 0 unspecified atom stereocenters. The predicted molar refractivity (Wildman–Crippen MR) is 89.0 cm³/mol. The first-order chi connectivity index (χ1) is 8.11. The minimum atomic E-state index is 0.338. The van der Waals surface area contributed by atoms with Crippen LogP contribution in [0.25, 0.3) is 0 Å². The lowest BCUT2D eigenvalue weighted by atomic mass is 9.91. The number of hydrogen-bond donors (Lipinski definition) is 0. The number of halogens is 2. The van der Waals surface area contributed by atoms with E-state index < -0.39 is 0 Å². The molecule has 1 nitrogen and oxygen atoms in total. The number of benzene rings is 1. The lowest BCUT2D eigenvalue weighted by Gasteiger charge is -2.32. The zero-order valence-corrected chi connectivity index (χ0v) is 14.1. The highest BCUT2D eigenvalue weighted by atomic mass is 127. The molecule has 1 aliphatic carbocycles. The van der Waals surface area contributed by atoms with Crippen molar-refractivity contribution in [3.63, 3.8) is 0 Å². The fraction of sp³-hybridized carbons (Fsp3) is 0.214. The third-order valence-corrected chi connectivity index (χ3v) is 4.77. The summed E-state index contributed by atoms with van der Waals surface area (Å²) in [4.78, 5) is 2.27. The van der Waals surface area contributed by atoms with E-state index in [-0.39, 0.29) is 0 Å². The van der Waals surface area contributed by atoms with Crippen LogP contribution in [0, 0.1) is 32.7 Å². The Morgan fingerprint density at radius 1 is 1.06 bits per heavy atom. The first kappa shape index (κ1) is 14.1. The Kier molecular flexibility index (Phi) is 5.12. The topological polar surface area (TPSA) is 3.24 Å². The molecule has 0 saturated heterocycles. The van der Waals surface area contributed by atoms with E-state index in [1.165, 1.54) is 19.0 Å². The van der Waals surface area contributed by atoms with E-state index in [1.54, 1.807) is 0 Å². The molecule has 0 bridgehead atoms.